The average molecular weight is 292 g/mol. The summed E-state index contributed by atoms with van der Waals surface area (Å²) in [4.78, 5) is 23.0. The van der Waals surface area contributed by atoms with Gasteiger partial charge in [0.1, 0.15) is 0 Å². The van der Waals surface area contributed by atoms with Crippen molar-refractivity contribution in [3.05, 3.63) is 41.0 Å². The van der Waals surface area contributed by atoms with E-state index in [2.05, 4.69) is 4.74 Å². The highest BCUT2D eigenvalue weighted by atomic mass is 32.2. The summed E-state index contributed by atoms with van der Waals surface area (Å²) in [5.41, 5.74) is 0.827. The Labute approximate surface area is 113 Å². The number of esters is 2. The average Bonchev–Trinajstić information content (AvgIpc) is 2.35. The Morgan fingerprint density at radius 1 is 1.05 bits per heavy atom. The maximum Gasteiger partial charge on any atom is 0.346 e. The van der Waals surface area contributed by atoms with Gasteiger partial charge in [-0.25, -0.2) is 9.59 Å². The first-order valence-electron chi connectivity index (χ1n) is 5.60. The van der Waals surface area contributed by atoms with Crippen LogP contribution in [0.2, 0.25) is 0 Å². The summed E-state index contributed by atoms with van der Waals surface area (Å²) in [7, 11) is -4.46. The highest BCUT2D eigenvalue weighted by Crippen LogP contribution is 2.33. The van der Waals surface area contributed by atoms with Crippen LogP contribution in [0.5, 0.6) is 0 Å². The van der Waals surface area contributed by atoms with Gasteiger partial charge in [-0.1, -0.05) is 6.07 Å². The first-order valence-corrected chi connectivity index (χ1v) is 7.04. The molecule has 0 amide bonds. The molecule has 102 valence electrons. The fraction of sp³-hybridized carbons (Fsp3) is 0.0769. The SMILES string of the molecule is Cc1ccc2c3c(cc(S(=O)(=O)O)cc13)C(=O)OC2=O. The number of benzene rings is 2. The van der Waals surface area contributed by atoms with Crippen molar-refractivity contribution < 1.29 is 27.3 Å². The van der Waals surface area contributed by atoms with E-state index in [1.807, 2.05) is 0 Å². The highest BCUT2D eigenvalue weighted by molar-refractivity contribution is 7.85. The minimum atomic E-state index is -4.46. The van der Waals surface area contributed by atoms with Gasteiger partial charge in [0.2, 0.25) is 0 Å². The minimum absolute atomic E-state index is 0.0478. The molecule has 0 atom stereocenters. The van der Waals surface area contributed by atoms with Crippen molar-refractivity contribution >= 4 is 32.8 Å². The monoisotopic (exact) mass is 292 g/mol. The molecule has 0 unspecified atom stereocenters. The molecule has 0 aliphatic carbocycles. The smallest absolute Gasteiger partial charge is 0.346 e. The molecular weight excluding hydrogens is 284 g/mol. The van der Waals surface area contributed by atoms with Crippen molar-refractivity contribution in [3.63, 3.8) is 0 Å². The number of cyclic esters (lactones) is 2. The molecule has 3 rings (SSSR count). The highest BCUT2D eigenvalue weighted by Gasteiger charge is 2.29. The van der Waals surface area contributed by atoms with Gasteiger partial charge in [-0.05, 0) is 36.1 Å². The van der Waals surface area contributed by atoms with Gasteiger partial charge in [-0.15, -0.1) is 0 Å². The number of hydrogen-bond acceptors (Lipinski definition) is 5. The molecule has 6 nitrogen and oxygen atoms in total. The van der Waals surface area contributed by atoms with Crippen molar-refractivity contribution in [1.82, 2.24) is 0 Å². The molecule has 0 aromatic heterocycles. The predicted molar refractivity (Wildman–Crippen MR) is 68.2 cm³/mol. The second-order valence-corrected chi connectivity index (χ2v) is 5.90. The summed E-state index contributed by atoms with van der Waals surface area (Å²) < 4.78 is 36.2. The first kappa shape index (κ1) is 12.8. The lowest BCUT2D eigenvalue weighted by molar-refractivity contribution is 0.0391. The van der Waals surface area contributed by atoms with E-state index < -0.39 is 27.0 Å². The predicted octanol–water partition coefficient (Wildman–Crippen LogP) is 1.71. The van der Waals surface area contributed by atoms with Crippen LogP contribution in [0.3, 0.4) is 0 Å². The number of carbonyl (C=O) groups excluding carboxylic acids is 2. The lowest BCUT2D eigenvalue weighted by Crippen LogP contribution is -2.20. The van der Waals surface area contributed by atoms with Gasteiger partial charge in [-0.2, -0.15) is 8.42 Å². The largest absolute Gasteiger partial charge is 0.386 e. The van der Waals surface area contributed by atoms with E-state index in [9.17, 15) is 18.0 Å². The Morgan fingerprint density at radius 3 is 2.35 bits per heavy atom. The van der Waals surface area contributed by atoms with Crippen LogP contribution >= 0.6 is 0 Å². The standard InChI is InChI=1S/C13H8O6S/c1-6-2-3-8-11-9(6)4-7(20(16,17)18)5-10(11)13(15)19-12(8)14/h2-5H,1H3,(H,16,17,18). The maximum atomic E-state index is 11.8. The van der Waals surface area contributed by atoms with Crippen molar-refractivity contribution in [1.29, 1.82) is 0 Å². The van der Waals surface area contributed by atoms with Crippen LogP contribution in [0.1, 0.15) is 26.3 Å². The molecule has 2 aromatic carbocycles. The molecule has 0 saturated carbocycles. The summed E-state index contributed by atoms with van der Waals surface area (Å²) in [6.45, 7) is 1.71. The van der Waals surface area contributed by atoms with Gasteiger partial charge in [0.15, 0.2) is 0 Å². The zero-order valence-corrected chi connectivity index (χ0v) is 11.0. The number of rotatable bonds is 1. The van der Waals surface area contributed by atoms with Crippen LogP contribution in [-0.4, -0.2) is 24.9 Å². The molecular formula is C13H8O6S. The van der Waals surface area contributed by atoms with Crippen molar-refractivity contribution in [2.75, 3.05) is 0 Å². The van der Waals surface area contributed by atoms with E-state index in [-0.39, 0.29) is 11.1 Å². The molecule has 0 saturated heterocycles. The Bertz CT molecular complexity index is 895. The summed E-state index contributed by atoms with van der Waals surface area (Å²) >= 11 is 0. The van der Waals surface area contributed by atoms with Crippen LogP contribution in [0, 0.1) is 6.92 Å². The zero-order valence-electron chi connectivity index (χ0n) is 10.2. The van der Waals surface area contributed by atoms with Gasteiger partial charge in [0, 0.05) is 5.39 Å². The summed E-state index contributed by atoms with van der Waals surface area (Å²) in [6, 6.07) is 5.38. The van der Waals surface area contributed by atoms with E-state index in [1.54, 1.807) is 13.0 Å². The Kier molecular flexibility index (Phi) is 2.47. The minimum Gasteiger partial charge on any atom is -0.386 e. The zero-order chi connectivity index (χ0) is 14.7. The van der Waals surface area contributed by atoms with Crippen LogP contribution in [0.25, 0.3) is 10.8 Å². The molecule has 0 spiro atoms. The fourth-order valence-corrected chi connectivity index (χ4v) is 2.81. The van der Waals surface area contributed by atoms with Gasteiger partial charge in [-0.3, -0.25) is 4.55 Å². The number of hydrogen-bond donors (Lipinski definition) is 1. The molecule has 7 heteroatoms. The number of ether oxygens (including phenoxy) is 1. The lowest BCUT2D eigenvalue weighted by Gasteiger charge is -2.17. The van der Waals surface area contributed by atoms with Gasteiger partial charge >= 0.3 is 11.9 Å². The molecule has 1 aliphatic heterocycles. The van der Waals surface area contributed by atoms with E-state index in [0.717, 1.165) is 6.07 Å². The van der Waals surface area contributed by atoms with Gasteiger partial charge in [0.25, 0.3) is 10.1 Å². The normalized spacial score (nSPS) is 14.5. The first-order chi connectivity index (χ1) is 9.29. The van der Waals surface area contributed by atoms with Crippen LogP contribution in [0.15, 0.2) is 29.2 Å². The van der Waals surface area contributed by atoms with Crippen LogP contribution in [-0.2, 0) is 14.9 Å². The Balaban J connectivity index is 2.56. The van der Waals surface area contributed by atoms with E-state index in [4.69, 9.17) is 4.55 Å². The second kappa shape index (κ2) is 3.87. The fourth-order valence-electron chi connectivity index (χ4n) is 2.27. The number of aryl methyl sites for hydroxylation is 1. The topological polar surface area (TPSA) is 97.7 Å². The van der Waals surface area contributed by atoms with Crippen LogP contribution < -0.4 is 0 Å². The Morgan fingerprint density at radius 2 is 1.70 bits per heavy atom. The van der Waals surface area contributed by atoms with E-state index in [1.165, 1.54) is 12.1 Å². The number of carbonyl (C=O) groups is 2. The van der Waals surface area contributed by atoms with E-state index >= 15 is 0 Å². The maximum absolute atomic E-state index is 11.8. The van der Waals surface area contributed by atoms with Crippen molar-refractivity contribution in [2.45, 2.75) is 11.8 Å². The third-order valence-electron chi connectivity index (χ3n) is 3.23. The third kappa shape index (κ3) is 1.71. The van der Waals surface area contributed by atoms with Crippen molar-refractivity contribution in [3.8, 4) is 0 Å². The van der Waals surface area contributed by atoms with Gasteiger partial charge in [0.05, 0.1) is 16.0 Å². The molecule has 0 bridgehead atoms. The Hall–Kier alpha value is -2.25. The molecule has 1 aliphatic rings. The third-order valence-corrected chi connectivity index (χ3v) is 4.06. The summed E-state index contributed by atoms with van der Waals surface area (Å²) in [5, 5.41) is 0.760. The molecule has 20 heavy (non-hydrogen) atoms. The summed E-state index contributed by atoms with van der Waals surface area (Å²) in [6.07, 6.45) is 0. The molecule has 1 N–H and O–H groups in total. The summed E-state index contributed by atoms with van der Waals surface area (Å²) in [5.74, 6) is -1.70. The second-order valence-electron chi connectivity index (χ2n) is 4.48. The van der Waals surface area contributed by atoms with Gasteiger partial charge < -0.3 is 4.74 Å². The molecule has 0 fully saturated rings. The quantitative estimate of drug-likeness (QED) is 0.488. The molecule has 1 heterocycles. The molecule has 2 aromatic rings. The van der Waals surface area contributed by atoms with Crippen molar-refractivity contribution in [2.24, 2.45) is 0 Å². The lowest BCUT2D eigenvalue weighted by atomic mass is 9.94. The van der Waals surface area contributed by atoms with Crippen LogP contribution in [0.4, 0.5) is 0 Å². The van der Waals surface area contributed by atoms with E-state index in [0.29, 0.717) is 16.3 Å². The molecule has 0 radical (unpaired) electrons.